The summed E-state index contributed by atoms with van der Waals surface area (Å²) in [5.41, 5.74) is 3.36. The highest BCUT2D eigenvalue weighted by Gasteiger charge is 2.11. The van der Waals surface area contributed by atoms with Crippen molar-refractivity contribution in [1.82, 2.24) is 0 Å². The Hall–Kier alpha value is -1.05. The molecule has 0 aliphatic carbocycles. The molecule has 1 atom stereocenters. The fourth-order valence-corrected chi connectivity index (χ4v) is 2.68. The van der Waals surface area contributed by atoms with Gasteiger partial charge in [-0.2, -0.15) is 0 Å². The molecule has 106 valence electrons. The van der Waals surface area contributed by atoms with E-state index in [1.165, 1.54) is 11.6 Å². The Morgan fingerprint density at radius 3 is 2.35 bits per heavy atom. The molecule has 0 heterocycles. The van der Waals surface area contributed by atoms with Crippen molar-refractivity contribution < 1.29 is 4.39 Å². The number of benzene rings is 2. The summed E-state index contributed by atoms with van der Waals surface area (Å²) in [6.07, 6.45) is 1.76. The first kappa shape index (κ1) is 15.3. The zero-order chi connectivity index (χ0) is 14.5. The summed E-state index contributed by atoms with van der Waals surface area (Å²) in [6, 6.07) is 12.8. The van der Waals surface area contributed by atoms with Crippen LogP contribution in [0, 0.1) is 18.7 Å². The van der Waals surface area contributed by atoms with E-state index in [0.717, 1.165) is 29.0 Å². The Morgan fingerprint density at radius 2 is 1.75 bits per heavy atom. The molecule has 2 rings (SSSR count). The largest absolute Gasteiger partial charge is 0.207 e. The maximum Gasteiger partial charge on any atom is 0.123 e. The average Bonchev–Trinajstić information content (AvgIpc) is 2.43. The van der Waals surface area contributed by atoms with E-state index in [2.05, 4.69) is 0 Å². The molecule has 2 aromatic carbocycles. The highest BCUT2D eigenvalue weighted by Crippen LogP contribution is 2.20. The number of rotatable bonds is 5. The summed E-state index contributed by atoms with van der Waals surface area (Å²) in [4.78, 5) is 0. The van der Waals surface area contributed by atoms with Crippen molar-refractivity contribution in [3.63, 3.8) is 0 Å². The van der Waals surface area contributed by atoms with Gasteiger partial charge in [-0.25, -0.2) is 4.39 Å². The Bertz CT molecular complexity index is 564. The Balaban J connectivity index is 2.07. The van der Waals surface area contributed by atoms with Gasteiger partial charge in [0.25, 0.3) is 0 Å². The zero-order valence-electron chi connectivity index (χ0n) is 11.4. The first-order chi connectivity index (χ1) is 9.58. The predicted molar refractivity (Wildman–Crippen MR) is 84.2 cm³/mol. The molecule has 0 bridgehead atoms. The predicted octanol–water partition coefficient (Wildman–Crippen LogP) is 5.43. The summed E-state index contributed by atoms with van der Waals surface area (Å²) >= 11 is 12.0. The van der Waals surface area contributed by atoms with Gasteiger partial charge in [-0.3, -0.25) is 0 Å². The minimum absolute atomic E-state index is 0.189. The van der Waals surface area contributed by atoms with Crippen molar-refractivity contribution in [2.75, 3.05) is 5.88 Å². The summed E-state index contributed by atoms with van der Waals surface area (Å²) < 4.78 is 13.1. The lowest BCUT2D eigenvalue weighted by Gasteiger charge is -2.16. The molecule has 20 heavy (non-hydrogen) atoms. The molecule has 0 radical (unpaired) electrons. The van der Waals surface area contributed by atoms with Gasteiger partial charge < -0.3 is 0 Å². The fraction of sp³-hybridized carbons (Fsp3) is 0.294. The molecule has 0 saturated heterocycles. The highest BCUT2D eigenvalue weighted by atomic mass is 35.5. The van der Waals surface area contributed by atoms with Gasteiger partial charge in [0.15, 0.2) is 0 Å². The third kappa shape index (κ3) is 4.22. The molecule has 2 aromatic rings. The van der Waals surface area contributed by atoms with Crippen LogP contribution in [0.5, 0.6) is 0 Å². The maximum absolute atomic E-state index is 13.1. The van der Waals surface area contributed by atoms with Crippen LogP contribution in [0.3, 0.4) is 0 Å². The number of hydrogen-bond donors (Lipinski definition) is 0. The van der Waals surface area contributed by atoms with Gasteiger partial charge in [-0.1, -0.05) is 29.8 Å². The van der Waals surface area contributed by atoms with E-state index < -0.39 is 0 Å². The van der Waals surface area contributed by atoms with Crippen molar-refractivity contribution in [1.29, 1.82) is 0 Å². The van der Waals surface area contributed by atoms with E-state index >= 15 is 0 Å². The summed E-state index contributed by atoms with van der Waals surface area (Å²) in [7, 11) is 0. The number of hydrogen-bond acceptors (Lipinski definition) is 0. The summed E-state index contributed by atoms with van der Waals surface area (Å²) in [6.45, 7) is 1.94. The van der Waals surface area contributed by atoms with Crippen LogP contribution in [0.4, 0.5) is 4.39 Å². The number of aryl methyl sites for hydroxylation is 1. The topological polar surface area (TPSA) is 0 Å². The van der Waals surface area contributed by atoms with E-state index in [1.54, 1.807) is 6.07 Å². The van der Waals surface area contributed by atoms with Gasteiger partial charge in [-0.15, -0.1) is 11.6 Å². The van der Waals surface area contributed by atoms with Crippen molar-refractivity contribution in [3.05, 3.63) is 70.0 Å². The molecule has 0 aromatic heterocycles. The molecular formula is C17H17Cl2F. The number of alkyl halides is 1. The molecule has 0 aliphatic heterocycles. The normalized spacial score (nSPS) is 12.4. The molecular weight excluding hydrogens is 294 g/mol. The Kier molecular flexibility index (Phi) is 5.45. The monoisotopic (exact) mass is 310 g/mol. The lowest BCUT2D eigenvalue weighted by atomic mass is 9.92. The van der Waals surface area contributed by atoms with Crippen LogP contribution < -0.4 is 0 Å². The molecule has 0 nitrogen and oxygen atoms in total. The quantitative estimate of drug-likeness (QED) is 0.646. The van der Waals surface area contributed by atoms with E-state index in [9.17, 15) is 4.39 Å². The van der Waals surface area contributed by atoms with Crippen LogP contribution in [-0.4, -0.2) is 5.88 Å². The lowest BCUT2D eigenvalue weighted by Crippen LogP contribution is -2.11. The molecule has 0 saturated carbocycles. The number of halogens is 3. The van der Waals surface area contributed by atoms with Crippen molar-refractivity contribution in [2.24, 2.45) is 5.92 Å². The van der Waals surface area contributed by atoms with E-state index in [-0.39, 0.29) is 5.82 Å². The molecule has 3 heteroatoms. The first-order valence-electron chi connectivity index (χ1n) is 6.64. The SMILES string of the molecule is Cc1cc(F)ccc1CC(CCl)Cc1ccc(Cl)cc1. The smallest absolute Gasteiger partial charge is 0.123 e. The van der Waals surface area contributed by atoms with Crippen molar-refractivity contribution in [2.45, 2.75) is 19.8 Å². The standard InChI is InChI=1S/C17H17Cl2F/c1-12-8-17(20)7-4-15(12)10-14(11-18)9-13-2-5-16(19)6-3-13/h2-8,14H,9-11H2,1H3. The lowest BCUT2D eigenvalue weighted by molar-refractivity contribution is 0.579. The maximum atomic E-state index is 13.1. The molecule has 1 unspecified atom stereocenters. The summed E-state index contributed by atoms with van der Waals surface area (Å²) in [5.74, 6) is 0.729. The van der Waals surface area contributed by atoms with Crippen LogP contribution in [0.1, 0.15) is 16.7 Å². The molecule has 0 aliphatic rings. The van der Waals surface area contributed by atoms with Gasteiger partial charge in [0.05, 0.1) is 0 Å². The molecule has 0 fully saturated rings. The van der Waals surface area contributed by atoms with E-state index in [1.807, 2.05) is 37.3 Å². The Morgan fingerprint density at radius 1 is 1.05 bits per heavy atom. The second-order valence-electron chi connectivity index (χ2n) is 5.13. The Labute approximate surface area is 129 Å². The van der Waals surface area contributed by atoms with Gasteiger partial charge >= 0.3 is 0 Å². The van der Waals surface area contributed by atoms with Crippen LogP contribution in [0.25, 0.3) is 0 Å². The van der Waals surface area contributed by atoms with Crippen molar-refractivity contribution in [3.8, 4) is 0 Å². The van der Waals surface area contributed by atoms with Gasteiger partial charge in [0.2, 0.25) is 0 Å². The average molecular weight is 311 g/mol. The zero-order valence-corrected chi connectivity index (χ0v) is 12.9. The third-order valence-electron chi connectivity index (χ3n) is 3.47. The van der Waals surface area contributed by atoms with Gasteiger partial charge in [-0.05, 0) is 66.6 Å². The van der Waals surface area contributed by atoms with E-state index in [4.69, 9.17) is 23.2 Å². The molecule has 0 N–H and O–H groups in total. The first-order valence-corrected chi connectivity index (χ1v) is 7.55. The summed E-state index contributed by atoms with van der Waals surface area (Å²) in [5, 5.41) is 0.741. The van der Waals surface area contributed by atoms with Crippen molar-refractivity contribution >= 4 is 23.2 Å². The van der Waals surface area contributed by atoms with Gasteiger partial charge in [0.1, 0.15) is 5.82 Å². The second-order valence-corrected chi connectivity index (χ2v) is 5.87. The van der Waals surface area contributed by atoms with Crippen LogP contribution in [0.15, 0.2) is 42.5 Å². The van der Waals surface area contributed by atoms with Crippen LogP contribution in [-0.2, 0) is 12.8 Å². The third-order valence-corrected chi connectivity index (χ3v) is 4.16. The second kappa shape index (κ2) is 7.10. The highest BCUT2D eigenvalue weighted by molar-refractivity contribution is 6.30. The molecule has 0 spiro atoms. The van der Waals surface area contributed by atoms with E-state index in [0.29, 0.717) is 11.8 Å². The fourth-order valence-electron chi connectivity index (χ4n) is 2.33. The minimum atomic E-state index is -0.189. The van der Waals surface area contributed by atoms with Gasteiger partial charge in [0, 0.05) is 10.9 Å². The van der Waals surface area contributed by atoms with Crippen LogP contribution in [0.2, 0.25) is 5.02 Å². The van der Waals surface area contributed by atoms with Crippen LogP contribution >= 0.6 is 23.2 Å². The minimum Gasteiger partial charge on any atom is -0.207 e. The molecule has 0 amide bonds.